The summed E-state index contributed by atoms with van der Waals surface area (Å²) in [6.45, 7) is 11.7. The number of nitrogens with zero attached hydrogens (tertiary/aromatic N) is 2. The van der Waals surface area contributed by atoms with Gasteiger partial charge in [0.25, 0.3) is 0 Å². The van der Waals surface area contributed by atoms with Gasteiger partial charge in [-0.2, -0.15) is 0 Å². The van der Waals surface area contributed by atoms with Crippen LogP contribution in [0.1, 0.15) is 91.6 Å². The van der Waals surface area contributed by atoms with E-state index in [1.54, 1.807) is 48.5 Å². The van der Waals surface area contributed by atoms with Crippen LogP contribution >= 0.6 is 11.6 Å². The Morgan fingerprint density at radius 2 is 1.28 bits per heavy atom. The van der Waals surface area contributed by atoms with Gasteiger partial charge in [0.1, 0.15) is 11.5 Å². The Balaban J connectivity index is 1.04. The average Bonchev–Trinajstić information content (AvgIpc) is 3.46. The number of para-hydroxylation sites is 2. The number of hydrogen-bond acceptors (Lipinski definition) is 6. The van der Waals surface area contributed by atoms with E-state index in [2.05, 4.69) is 117 Å². The van der Waals surface area contributed by atoms with E-state index in [0.29, 0.717) is 24.7 Å². The number of alkyl halides is 1. The Kier molecular flexibility index (Phi) is 12.9. The fourth-order valence-electron chi connectivity index (χ4n) is 8.73. The molecule has 8 nitrogen and oxygen atoms in total. The molecule has 0 bridgehead atoms. The quantitative estimate of drug-likeness (QED) is 0.0903. The van der Waals surface area contributed by atoms with E-state index in [4.69, 9.17) is 21.1 Å². The summed E-state index contributed by atoms with van der Waals surface area (Å²) in [5.74, 6) is -0.387. The Labute approximate surface area is 359 Å². The standard InChI is InChI=1S/C51H55ClN2O6/c1-50(2)39(34-53(44-16-7-5-14-42(44)50)30-10-32-59-40-25-19-37(20-26-40)48(55)56)24-18-35-12-9-13-36(47(35)52)23-29-46-51(3,4)43-15-6-8-17-45(43)54(46)31-11-33-60-41-27-21-38(22-28-41)49(57)58/h5-8,14-29,34-35,47H,9-13,30-33H2,1-4H3,(H,55,56)(H,57,58)/b24-18+,36-23+,46-29+. The van der Waals surface area contributed by atoms with Crippen molar-refractivity contribution in [3.05, 3.63) is 167 Å². The Hall–Kier alpha value is -5.73. The van der Waals surface area contributed by atoms with E-state index in [1.807, 2.05) is 0 Å². The molecule has 0 aromatic heterocycles. The van der Waals surface area contributed by atoms with Crippen molar-refractivity contribution in [2.45, 2.75) is 76.0 Å². The van der Waals surface area contributed by atoms with Gasteiger partial charge in [-0.25, -0.2) is 9.59 Å². The largest absolute Gasteiger partial charge is 0.494 e. The van der Waals surface area contributed by atoms with Crippen molar-refractivity contribution in [2.75, 3.05) is 36.1 Å². The lowest BCUT2D eigenvalue weighted by molar-refractivity contribution is 0.0686. The number of fused-ring (bicyclic) bond motifs is 2. The Bertz CT molecular complexity index is 2310. The van der Waals surface area contributed by atoms with Crippen LogP contribution in [0.2, 0.25) is 0 Å². The molecule has 2 N–H and O–H groups in total. The van der Waals surface area contributed by atoms with Crippen molar-refractivity contribution in [3.63, 3.8) is 0 Å². The van der Waals surface area contributed by atoms with Crippen molar-refractivity contribution in [1.82, 2.24) is 0 Å². The van der Waals surface area contributed by atoms with Gasteiger partial charge in [-0.1, -0.05) is 87.9 Å². The van der Waals surface area contributed by atoms with Crippen molar-refractivity contribution in [2.24, 2.45) is 5.92 Å². The molecule has 60 heavy (non-hydrogen) atoms. The highest BCUT2D eigenvalue weighted by molar-refractivity contribution is 6.22. The molecule has 2 aliphatic heterocycles. The van der Waals surface area contributed by atoms with E-state index in [1.165, 1.54) is 39.3 Å². The molecule has 2 atom stereocenters. The number of rotatable bonds is 15. The molecule has 9 heteroatoms. The summed E-state index contributed by atoms with van der Waals surface area (Å²) in [6, 6.07) is 30.3. The molecule has 0 amide bonds. The molecule has 0 radical (unpaired) electrons. The molecule has 3 aliphatic rings. The number of carbonyl (C=O) groups is 2. The van der Waals surface area contributed by atoms with E-state index < -0.39 is 11.9 Å². The van der Waals surface area contributed by atoms with Gasteiger partial charge >= 0.3 is 11.9 Å². The molecule has 1 fully saturated rings. The summed E-state index contributed by atoms with van der Waals surface area (Å²) >= 11 is 7.39. The summed E-state index contributed by atoms with van der Waals surface area (Å²) in [4.78, 5) is 27.2. The van der Waals surface area contributed by atoms with Crippen molar-refractivity contribution >= 4 is 34.9 Å². The molecule has 4 aromatic carbocycles. The minimum absolute atomic E-state index is 0.120. The van der Waals surface area contributed by atoms with Gasteiger partial charge in [0.15, 0.2) is 0 Å². The second kappa shape index (κ2) is 18.3. The first kappa shape index (κ1) is 42.4. The highest BCUT2D eigenvalue weighted by Crippen LogP contribution is 2.48. The number of allylic oxidation sites excluding steroid dienone is 7. The van der Waals surface area contributed by atoms with Gasteiger partial charge in [0.2, 0.25) is 0 Å². The maximum Gasteiger partial charge on any atom is 0.335 e. The number of ether oxygens (including phenoxy) is 2. The van der Waals surface area contributed by atoms with Gasteiger partial charge in [-0.15, -0.1) is 11.6 Å². The number of carboxylic acid groups (broad SMARTS) is 2. The van der Waals surface area contributed by atoms with Gasteiger partial charge in [0.05, 0.1) is 29.7 Å². The highest BCUT2D eigenvalue weighted by Gasteiger charge is 2.39. The molecular weight excluding hydrogens is 772 g/mol. The second-order valence-electron chi connectivity index (χ2n) is 16.9. The maximum absolute atomic E-state index is 11.2. The van der Waals surface area contributed by atoms with Crippen LogP contribution in [0.25, 0.3) is 0 Å². The van der Waals surface area contributed by atoms with Crippen LogP contribution in [0, 0.1) is 5.92 Å². The molecule has 312 valence electrons. The molecule has 1 aliphatic carbocycles. The third kappa shape index (κ3) is 9.19. The van der Waals surface area contributed by atoms with Gasteiger partial charge in [-0.05, 0) is 121 Å². The van der Waals surface area contributed by atoms with Crippen LogP contribution in [-0.2, 0) is 10.8 Å². The lowest BCUT2D eigenvalue weighted by atomic mass is 9.74. The van der Waals surface area contributed by atoms with E-state index in [-0.39, 0.29) is 33.3 Å². The first-order valence-electron chi connectivity index (χ1n) is 21.0. The van der Waals surface area contributed by atoms with E-state index in [9.17, 15) is 19.8 Å². The molecular formula is C51H55ClN2O6. The highest BCUT2D eigenvalue weighted by atomic mass is 35.5. The van der Waals surface area contributed by atoms with Gasteiger partial charge < -0.3 is 29.5 Å². The summed E-state index contributed by atoms with van der Waals surface area (Å²) in [6.07, 6.45) is 16.1. The Morgan fingerprint density at radius 1 is 0.733 bits per heavy atom. The van der Waals surface area contributed by atoms with Crippen LogP contribution in [0.4, 0.5) is 11.4 Å². The van der Waals surface area contributed by atoms with E-state index in [0.717, 1.165) is 45.2 Å². The average molecular weight is 827 g/mol. The number of halogens is 1. The first-order valence-corrected chi connectivity index (χ1v) is 21.4. The van der Waals surface area contributed by atoms with Crippen LogP contribution in [0.3, 0.4) is 0 Å². The zero-order valence-corrected chi connectivity index (χ0v) is 35.7. The van der Waals surface area contributed by atoms with Crippen LogP contribution < -0.4 is 19.3 Å². The zero-order valence-electron chi connectivity index (χ0n) is 34.9. The molecule has 0 spiro atoms. The maximum atomic E-state index is 11.2. The van der Waals surface area contributed by atoms with Gasteiger partial charge in [0, 0.05) is 47.2 Å². The number of carboxylic acids is 2. The van der Waals surface area contributed by atoms with Crippen LogP contribution in [0.5, 0.6) is 11.5 Å². The fraction of sp³-hybridized carbons (Fsp3) is 0.333. The summed E-state index contributed by atoms with van der Waals surface area (Å²) in [5, 5.41) is 18.3. The Morgan fingerprint density at radius 3 is 1.88 bits per heavy atom. The van der Waals surface area contributed by atoms with E-state index >= 15 is 0 Å². The van der Waals surface area contributed by atoms with Crippen molar-refractivity contribution < 1.29 is 29.3 Å². The molecule has 1 saturated carbocycles. The van der Waals surface area contributed by atoms with Crippen LogP contribution in [0.15, 0.2) is 144 Å². The van der Waals surface area contributed by atoms with Gasteiger partial charge in [-0.3, -0.25) is 0 Å². The summed E-state index contributed by atoms with van der Waals surface area (Å²) < 4.78 is 12.0. The summed E-state index contributed by atoms with van der Waals surface area (Å²) in [5.41, 5.74) is 8.79. The number of anilines is 2. The molecule has 0 saturated heterocycles. The fourth-order valence-corrected chi connectivity index (χ4v) is 9.13. The normalized spacial score (nSPS) is 20.5. The molecule has 4 aromatic rings. The zero-order chi connectivity index (χ0) is 42.4. The second-order valence-corrected chi connectivity index (χ2v) is 17.4. The summed E-state index contributed by atoms with van der Waals surface area (Å²) in [7, 11) is 0. The first-order chi connectivity index (χ1) is 28.8. The monoisotopic (exact) mass is 826 g/mol. The molecule has 2 heterocycles. The van der Waals surface area contributed by atoms with Crippen molar-refractivity contribution in [1.29, 1.82) is 0 Å². The van der Waals surface area contributed by atoms with Crippen molar-refractivity contribution in [3.8, 4) is 11.5 Å². The third-order valence-electron chi connectivity index (χ3n) is 12.2. The smallest absolute Gasteiger partial charge is 0.335 e. The molecule has 2 unspecified atom stereocenters. The predicted octanol–water partition coefficient (Wildman–Crippen LogP) is 11.6. The van der Waals surface area contributed by atoms with Crippen LogP contribution in [-0.4, -0.2) is 53.8 Å². The lowest BCUT2D eigenvalue weighted by Crippen LogP contribution is -2.33. The predicted molar refractivity (Wildman–Crippen MR) is 241 cm³/mol. The number of benzene rings is 4. The minimum atomic E-state index is -0.951. The number of hydrogen-bond donors (Lipinski definition) is 2. The lowest BCUT2D eigenvalue weighted by Gasteiger charge is -2.39. The topological polar surface area (TPSA) is 99.5 Å². The third-order valence-corrected chi connectivity index (χ3v) is 12.8. The molecule has 7 rings (SSSR count). The number of aromatic carboxylic acids is 2. The minimum Gasteiger partial charge on any atom is -0.494 e. The SMILES string of the molecule is CC1(C)C(/C=C/C2CCC/C(=C\C=C3\N(CCCOc4ccc(C(=O)O)cc4)c4ccccc4C3(C)C)C2Cl)=CN(CCCOc2ccc(C(=O)O)cc2)c2ccccc21.